The molecule has 0 radical (unpaired) electrons. The molecule has 0 saturated heterocycles. The maximum absolute atomic E-state index is 14.0. The van der Waals surface area contributed by atoms with E-state index in [0.717, 1.165) is 23.1 Å². The smallest absolute Gasteiger partial charge is 0.168 e. The summed E-state index contributed by atoms with van der Waals surface area (Å²) in [5.41, 5.74) is 1.52. The monoisotopic (exact) mass is 301 g/mol. The van der Waals surface area contributed by atoms with E-state index in [2.05, 4.69) is 24.8 Å². The number of imidazole rings is 1. The maximum atomic E-state index is 14.0. The predicted molar refractivity (Wildman–Crippen MR) is 79.8 cm³/mol. The fourth-order valence-electron chi connectivity index (χ4n) is 2.42. The molecule has 0 saturated carbocycles. The van der Waals surface area contributed by atoms with Crippen LogP contribution in [0, 0.1) is 5.82 Å². The number of anilines is 1. The highest BCUT2D eigenvalue weighted by atomic mass is 32.2. The number of hydrogen-bond donors (Lipinski definition) is 1. The van der Waals surface area contributed by atoms with Crippen LogP contribution in [0.5, 0.6) is 0 Å². The minimum Gasteiger partial charge on any atom is -0.364 e. The Morgan fingerprint density at radius 3 is 3.19 bits per heavy atom. The van der Waals surface area contributed by atoms with Gasteiger partial charge in [-0.1, -0.05) is 17.8 Å². The Labute approximate surface area is 124 Å². The van der Waals surface area contributed by atoms with E-state index in [1.54, 1.807) is 23.9 Å². The topological polar surface area (TPSA) is 55.6 Å². The molecule has 1 aromatic carbocycles. The lowest BCUT2D eigenvalue weighted by atomic mass is 10.2. The van der Waals surface area contributed by atoms with Crippen LogP contribution in [0.1, 0.15) is 5.69 Å². The van der Waals surface area contributed by atoms with Crippen LogP contribution in [-0.4, -0.2) is 25.3 Å². The van der Waals surface area contributed by atoms with Crippen LogP contribution in [-0.2, 0) is 13.1 Å². The van der Waals surface area contributed by atoms with E-state index >= 15 is 0 Å². The number of aryl methyl sites for hydroxylation is 1. The summed E-state index contributed by atoms with van der Waals surface area (Å²) in [5, 5.41) is 4.62. The molecule has 106 valence electrons. The zero-order valence-corrected chi connectivity index (χ0v) is 11.9. The molecule has 3 heterocycles. The maximum Gasteiger partial charge on any atom is 0.168 e. The molecule has 21 heavy (non-hydrogen) atoms. The number of benzene rings is 1. The molecule has 0 unspecified atom stereocenters. The summed E-state index contributed by atoms with van der Waals surface area (Å²) in [5.74, 6) is 1.26. The summed E-state index contributed by atoms with van der Waals surface area (Å²) in [6, 6.07) is 4.83. The van der Waals surface area contributed by atoms with Gasteiger partial charge in [-0.25, -0.2) is 19.3 Å². The van der Waals surface area contributed by atoms with Gasteiger partial charge in [-0.2, -0.15) is 0 Å². The fourth-order valence-corrected chi connectivity index (χ4v) is 3.39. The lowest BCUT2D eigenvalue weighted by Gasteiger charge is -2.07. The zero-order chi connectivity index (χ0) is 14.2. The standard InChI is InChI=1S/C14H12FN5S/c15-10-2-1-3-11-12(10)13(18-8-17-11)16-6-9-7-20-4-5-21-14(20)19-9/h1-3,7-8H,4-6H2,(H,16,17,18). The van der Waals surface area contributed by atoms with Crippen molar-refractivity contribution in [3.8, 4) is 0 Å². The lowest BCUT2D eigenvalue weighted by Crippen LogP contribution is -2.04. The van der Waals surface area contributed by atoms with Crippen molar-refractivity contribution < 1.29 is 4.39 Å². The number of nitrogens with one attached hydrogen (secondary N) is 1. The van der Waals surface area contributed by atoms with Gasteiger partial charge in [0.25, 0.3) is 0 Å². The molecule has 0 bridgehead atoms. The molecule has 5 nitrogen and oxygen atoms in total. The second-order valence-corrected chi connectivity index (χ2v) is 5.83. The van der Waals surface area contributed by atoms with E-state index in [4.69, 9.17) is 0 Å². The Morgan fingerprint density at radius 1 is 1.33 bits per heavy atom. The van der Waals surface area contributed by atoms with E-state index in [-0.39, 0.29) is 5.82 Å². The van der Waals surface area contributed by atoms with Crippen molar-refractivity contribution >= 4 is 28.5 Å². The molecule has 7 heteroatoms. The third kappa shape index (κ3) is 2.23. The van der Waals surface area contributed by atoms with Gasteiger partial charge in [0, 0.05) is 18.5 Å². The number of thioether (sulfide) groups is 1. The molecule has 3 aromatic rings. The van der Waals surface area contributed by atoms with Gasteiger partial charge in [0.15, 0.2) is 5.16 Å². The molecule has 1 N–H and O–H groups in total. The summed E-state index contributed by atoms with van der Waals surface area (Å²) in [6.45, 7) is 1.51. The number of hydrogen-bond acceptors (Lipinski definition) is 5. The normalized spacial score (nSPS) is 13.6. The third-order valence-electron chi connectivity index (χ3n) is 3.40. The summed E-state index contributed by atoms with van der Waals surface area (Å²) >= 11 is 1.75. The van der Waals surface area contributed by atoms with Gasteiger partial charge in [0.1, 0.15) is 18.0 Å². The first-order chi connectivity index (χ1) is 10.3. The van der Waals surface area contributed by atoms with Crippen molar-refractivity contribution in [1.29, 1.82) is 0 Å². The highest BCUT2D eigenvalue weighted by Gasteiger charge is 2.15. The Morgan fingerprint density at radius 2 is 2.29 bits per heavy atom. The molecule has 0 fully saturated rings. The highest BCUT2D eigenvalue weighted by Crippen LogP contribution is 2.26. The van der Waals surface area contributed by atoms with Crippen molar-refractivity contribution in [2.45, 2.75) is 18.2 Å². The lowest BCUT2D eigenvalue weighted by molar-refractivity contribution is 0.639. The summed E-state index contributed by atoms with van der Waals surface area (Å²) in [4.78, 5) is 12.8. The van der Waals surface area contributed by atoms with Gasteiger partial charge in [-0.15, -0.1) is 0 Å². The molecule has 1 aliphatic heterocycles. The number of aromatic nitrogens is 4. The number of nitrogens with zero attached hydrogens (tertiary/aromatic N) is 4. The third-order valence-corrected chi connectivity index (χ3v) is 4.37. The molecule has 0 spiro atoms. The second kappa shape index (κ2) is 5.00. The van der Waals surface area contributed by atoms with Crippen molar-refractivity contribution in [2.24, 2.45) is 0 Å². The van der Waals surface area contributed by atoms with E-state index in [1.807, 2.05) is 6.20 Å². The second-order valence-electron chi connectivity index (χ2n) is 4.77. The van der Waals surface area contributed by atoms with Crippen LogP contribution < -0.4 is 5.32 Å². The van der Waals surface area contributed by atoms with Gasteiger partial charge in [-0.05, 0) is 12.1 Å². The van der Waals surface area contributed by atoms with Gasteiger partial charge in [0.2, 0.25) is 0 Å². The van der Waals surface area contributed by atoms with Gasteiger partial charge in [0.05, 0.1) is 23.1 Å². The summed E-state index contributed by atoms with van der Waals surface area (Å²) < 4.78 is 16.1. The SMILES string of the molecule is Fc1cccc2ncnc(NCc3cn4c(n3)SCC4)c12. The molecule has 0 atom stereocenters. The minimum absolute atomic E-state index is 0.321. The molecule has 2 aromatic heterocycles. The first-order valence-corrected chi connectivity index (χ1v) is 7.62. The number of fused-ring (bicyclic) bond motifs is 2. The summed E-state index contributed by atoms with van der Waals surface area (Å²) in [7, 11) is 0. The average molecular weight is 301 g/mol. The predicted octanol–water partition coefficient (Wildman–Crippen LogP) is 2.68. The molecule has 0 amide bonds. The van der Waals surface area contributed by atoms with E-state index in [1.165, 1.54) is 12.4 Å². The van der Waals surface area contributed by atoms with Gasteiger partial charge >= 0.3 is 0 Å². The van der Waals surface area contributed by atoms with E-state index in [0.29, 0.717) is 23.3 Å². The van der Waals surface area contributed by atoms with E-state index < -0.39 is 0 Å². The molecule has 4 rings (SSSR count). The van der Waals surface area contributed by atoms with Crippen molar-refractivity contribution in [1.82, 2.24) is 19.5 Å². The number of halogens is 1. The van der Waals surface area contributed by atoms with Crippen molar-refractivity contribution in [2.75, 3.05) is 11.1 Å². The fraction of sp³-hybridized carbons (Fsp3) is 0.214. The Hall–Kier alpha value is -2.15. The van der Waals surface area contributed by atoms with E-state index in [9.17, 15) is 4.39 Å². The molecule has 0 aliphatic carbocycles. The molecular formula is C14H12FN5S. The van der Waals surface area contributed by atoms with Crippen molar-refractivity contribution in [3.05, 3.63) is 42.2 Å². The van der Waals surface area contributed by atoms with Crippen LogP contribution in [0.4, 0.5) is 10.2 Å². The largest absolute Gasteiger partial charge is 0.364 e. The first-order valence-electron chi connectivity index (χ1n) is 6.63. The zero-order valence-electron chi connectivity index (χ0n) is 11.1. The quantitative estimate of drug-likeness (QED) is 0.806. The van der Waals surface area contributed by atoms with Crippen LogP contribution in [0.25, 0.3) is 10.9 Å². The Balaban J connectivity index is 1.62. The van der Waals surface area contributed by atoms with Crippen LogP contribution in [0.3, 0.4) is 0 Å². The molecule has 1 aliphatic rings. The van der Waals surface area contributed by atoms with Crippen LogP contribution in [0.2, 0.25) is 0 Å². The Bertz CT molecular complexity index is 789. The van der Waals surface area contributed by atoms with Gasteiger partial charge < -0.3 is 9.88 Å². The van der Waals surface area contributed by atoms with Crippen LogP contribution >= 0.6 is 11.8 Å². The molecular weight excluding hydrogens is 289 g/mol. The van der Waals surface area contributed by atoms with Crippen molar-refractivity contribution in [3.63, 3.8) is 0 Å². The number of rotatable bonds is 3. The van der Waals surface area contributed by atoms with Gasteiger partial charge in [-0.3, -0.25) is 0 Å². The minimum atomic E-state index is -0.321. The highest BCUT2D eigenvalue weighted by molar-refractivity contribution is 7.99. The Kier molecular flexibility index (Phi) is 2.99. The summed E-state index contributed by atoms with van der Waals surface area (Å²) in [6.07, 6.45) is 3.47. The van der Waals surface area contributed by atoms with Crippen LogP contribution in [0.15, 0.2) is 35.9 Å². The average Bonchev–Trinajstić information content (AvgIpc) is 3.06. The first kappa shape index (κ1) is 12.6.